The van der Waals surface area contributed by atoms with Gasteiger partial charge >= 0.3 is 18.2 Å². The van der Waals surface area contributed by atoms with Crippen LogP contribution in [-0.4, -0.2) is 34.0 Å². The lowest BCUT2D eigenvalue weighted by Crippen LogP contribution is -2.30. The van der Waals surface area contributed by atoms with Crippen LogP contribution in [0.25, 0.3) is 11.4 Å². The molecule has 9 nitrogen and oxygen atoms in total. The van der Waals surface area contributed by atoms with Crippen LogP contribution in [0.1, 0.15) is 5.56 Å². The summed E-state index contributed by atoms with van der Waals surface area (Å²) in [5.41, 5.74) is -0.0998. The van der Waals surface area contributed by atoms with Crippen LogP contribution in [0.15, 0.2) is 65.6 Å². The minimum atomic E-state index is -5.05. The van der Waals surface area contributed by atoms with Crippen LogP contribution in [0.4, 0.5) is 29.3 Å². The van der Waals surface area contributed by atoms with E-state index in [-0.39, 0.29) is 29.4 Å². The van der Waals surface area contributed by atoms with Crippen molar-refractivity contribution in [3.63, 3.8) is 0 Å². The number of aromatic nitrogens is 2. The molecule has 3 rings (SSSR count). The first kappa shape index (κ1) is 24.2. The van der Waals surface area contributed by atoms with Gasteiger partial charge in [0.2, 0.25) is 0 Å². The predicted molar refractivity (Wildman–Crippen MR) is 115 cm³/mol. The van der Waals surface area contributed by atoms with E-state index in [9.17, 15) is 32.3 Å². The summed E-state index contributed by atoms with van der Waals surface area (Å²) in [5.74, 6) is -2.11. The van der Waals surface area contributed by atoms with Gasteiger partial charge in [-0.2, -0.15) is 13.2 Å². The lowest BCUT2D eigenvalue weighted by molar-refractivity contribution is -0.167. The van der Waals surface area contributed by atoms with E-state index in [0.29, 0.717) is 6.29 Å². The maximum absolute atomic E-state index is 12.8. The number of hydrogen-bond acceptors (Lipinski definition) is 6. The third-order valence-electron chi connectivity index (χ3n) is 4.41. The molecule has 3 aromatic rings. The van der Waals surface area contributed by atoms with E-state index in [1.165, 1.54) is 24.3 Å². The number of nitrogens with zero attached hydrogens (tertiary/aromatic N) is 2. The molecule has 12 heteroatoms. The second-order valence-electron chi connectivity index (χ2n) is 6.79. The Hall–Kier alpha value is -4.48. The molecule has 176 valence electrons. The van der Waals surface area contributed by atoms with E-state index in [1.54, 1.807) is 35.6 Å². The SMILES string of the molecule is O=CCn1c(-c2ccc(NC(=O)C(F)(F)F)cc2)ncc(NC(=O)OCc2ccccc2)c1=O. The van der Waals surface area contributed by atoms with Crippen molar-refractivity contribution in [2.24, 2.45) is 0 Å². The maximum atomic E-state index is 12.8. The van der Waals surface area contributed by atoms with Gasteiger partial charge in [-0.15, -0.1) is 0 Å². The average molecular weight is 474 g/mol. The Morgan fingerprint density at radius 3 is 2.32 bits per heavy atom. The molecule has 0 aliphatic rings. The van der Waals surface area contributed by atoms with Gasteiger partial charge in [0.25, 0.3) is 5.56 Å². The minimum absolute atomic E-state index is 0.0222. The second kappa shape index (κ2) is 10.4. The summed E-state index contributed by atoms with van der Waals surface area (Å²) in [5, 5.41) is 3.97. The molecule has 0 radical (unpaired) electrons. The number of carbonyl (C=O) groups is 3. The van der Waals surface area contributed by atoms with Crippen LogP contribution in [0.2, 0.25) is 0 Å². The molecule has 2 aromatic carbocycles. The number of aldehydes is 1. The number of hydrogen-bond donors (Lipinski definition) is 2. The van der Waals surface area contributed by atoms with E-state index < -0.39 is 30.3 Å². The molecule has 0 unspecified atom stereocenters. The maximum Gasteiger partial charge on any atom is 0.471 e. The highest BCUT2D eigenvalue weighted by atomic mass is 19.4. The Morgan fingerprint density at radius 2 is 1.71 bits per heavy atom. The quantitative estimate of drug-likeness (QED) is 0.507. The van der Waals surface area contributed by atoms with Gasteiger partial charge in [0, 0.05) is 11.3 Å². The second-order valence-corrected chi connectivity index (χ2v) is 6.79. The third-order valence-corrected chi connectivity index (χ3v) is 4.41. The summed E-state index contributed by atoms with van der Waals surface area (Å²) in [6, 6.07) is 13.8. The van der Waals surface area contributed by atoms with Gasteiger partial charge in [0.15, 0.2) is 0 Å². The number of halogens is 3. The molecule has 1 aromatic heterocycles. The first-order valence-electron chi connectivity index (χ1n) is 9.69. The van der Waals surface area contributed by atoms with Crippen molar-refractivity contribution in [1.82, 2.24) is 9.55 Å². The summed E-state index contributed by atoms with van der Waals surface area (Å²) in [4.78, 5) is 51.1. The van der Waals surface area contributed by atoms with E-state index in [1.807, 2.05) is 0 Å². The van der Waals surface area contributed by atoms with Gasteiger partial charge in [-0.05, 0) is 29.8 Å². The number of rotatable bonds is 7. The van der Waals surface area contributed by atoms with E-state index in [4.69, 9.17) is 4.74 Å². The highest BCUT2D eigenvalue weighted by molar-refractivity contribution is 5.95. The Morgan fingerprint density at radius 1 is 1.03 bits per heavy atom. The molecule has 0 saturated carbocycles. The first-order valence-corrected chi connectivity index (χ1v) is 9.69. The van der Waals surface area contributed by atoms with Crippen molar-refractivity contribution in [3.05, 3.63) is 76.7 Å². The number of anilines is 2. The number of benzene rings is 2. The molecular formula is C22H17F3N4O5. The number of nitrogens with one attached hydrogen (secondary N) is 2. The Balaban J connectivity index is 1.78. The first-order chi connectivity index (χ1) is 16.2. The molecule has 0 aliphatic carbocycles. The number of ether oxygens (including phenoxy) is 1. The Bertz CT molecular complexity index is 1240. The van der Waals surface area contributed by atoms with Gasteiger partial charge in [-0.3, -0.25) is 19.5 Å². The molecule has 34 heavy (non-hydrogen) atoms. The van der Waals surface area contributed by atoms with Gasteiger partial charge in [-0.25, -0.2) is 9.78 Å². The van der Waals surface area contributed by atoms with E-state index in [0.717, 1.165) is 16.3 Å². The van der Waals surface area contributed by atoms with Gasteiger partial charge in [0.05, 0.1) is 12.7 Å². The minimum Gasteiger partial charge on any atom is -0.444 e. The van der Waals surface area contributed by atoms with E-state index >= 15 is 0 Å². The summed E-state index contributed by atoms with van der Waals surface area (Å²) in [7, 11) is 0. The largest absolute Gasteiger partial charge is 0.471 e. The molecule has 2 N–H and O–H groups in total. The third kappa shape index (κ3) is 6.06. The molecule has 0 spiro atoms. The summed E-state index contributed by atoms with van der Waals surface area (Å²) in [6.45, 7) is -0.430. The van der Waals surface area contributed by atoms with Gasteiger partial charge in [-0.1, -0.05) is 30.3 Å². The monoisotopic (exact) mass is 474 g/mol. The lowest BCUT2D eigenvalue weighted by Gasteiger charge is -2.13. The standard InChI is InChI=1S/C22H17F3N4O5/c23-22(24,25)20(32)27-16-8-6-15(7-9-16)18-26-12-17(19(31)29(18)10-11-30)28-21(33)34-13-14-4-2-1-3-5-14/h1-9,11-12H,10,13H2,(H,27,32)(H,28,33). The molecule has 0 bridgehead atoms. The number of alkyl halides is 3. The van der Waals surface area contributed by atoms with E-state index in [2.05, 4.69) is 10.3 Å². The molecule has 2 amide bonds. The summed E-state index contributed by atoms with van der Waals surface area (Å²) < 4.78 is 43.2. The topological polar surface area (TPSA) is 119 Å². The molecule has 0 atom stereocenters. The fraction of sp³-hybridized carbons (Fsp3) is 0.136. The zero-order valence-corrected chi connectivity index (χ0v) is 17.3. The van der Waals surface area contributed by atoms with Crippen molar-refractivity contribution in [1.29, 1.82) is 0 Å². The van der Waals surface area contributed by atoms with Crippen molar-refractivity contribution >= 4 is 29.7 Å². The van der Waals surface area contributed by atoms with Crippen LogP contribution >= 0.6 is 0 Å². The fourth-order valence-electron chi connectivity index (χ4n) is 2.83. The fourth-order valence-corrected chi connectivity index (χ4v) is 2.83. The molecule has 0 fully saturated rings. The average Bonchev–Trinajstić information content (AvgIpc) is 2.81. The van der Waals surface area contributed by atoms with Crippen LogP contribution in [0, 0.1) is 0 Å². The summed E-state index contributed by atoms with van der Waals surface area (Å²) >= 11 is 0. The van der Waals surface area contributed by atoms with Crippen molar-refractivity contribution < 1.29 is 32.3 Å². The van der Waals surface area contributed by atoms with Crippen LogP contribution in [-0.2, 0) is 27.5 Å². The Kier molecular flexibility index (Phi) is 7.41. The van der Waals surface area contributed by atoms with Crippen molar-refractivity contribution in [3.8, 4) is 11.4 Å². The van der Waals surface area contributed by atoms with Gasteiger partial charge in [0.1, 0.15) is 24.4 Å². The molecule has 0 aliphatic heterocycles. The number of carbonyl (C=O) groups excluding carboxylic acids is 3. The highest BCUT2D eigenvalue weighted by Gasteiger charge is 2.38. The van der Waals surface area contributed by atoms with Crippen molar-refractivity contribution in [2.75, 3.05) is 10.6 Å². The van der Waals surface area contributed by atoms with Gasteiger partial charge < -0.3 is 14.8 Å². The highest BCUT2D eigenvalue weighted by Crippen LogP contribution is 2.22. The predicted octanol–water partition coefficient (Wildman–Crippen LogP) is 3.36. The zero-order chi connectivity index (χ0) is 24.7. The van der Waals surface area contributed by atoms with Crippen LogP contribution in [0.3, 0.4) is 0 Å². The normalized spacial score (nSPS) is 10.9. The molecule has 0 saturated heterocycles. The van der Waals surface area contributed by atoms with Crippen LogP contribution < -0.4 is 16.2 Å². The summed E-state index contributed by atoms with van der Waals surface area (Å²) in [6.07, 6.45) is -4.43. The van der Waals surface area contributed by atoms with Crippen LogP contribution in [0.5, 0.6) is 0 Å². The smallest absolute Gasteiger partial charge is 0.444 e. The molecular weight excluding hydrogens is 457 g/mol. The lowest BCUT2D eigenvalue weighted by atomic mass is 10.2. The number of amides is 2. The van der Waals surface area contributed by atoms with Crippen molar-refractivity contribution in [2.45, 2.75) is 19.3 Å². The zero-order valence-electron chi connectivity index (χ0n) is 17.3. The molecule has 1 heterocycles. The Labute approximate surface area is 190 Å².